The molecule has 0 unspecified atom stereocenters. The second-order valence-electron chi connectivity index (χ2n) is 8.88. The van der Waals surface area contributed by atoms with Crippen LogP contribution in [-0.2, 0) is 11.3 Å². The van der Waals surface area contributed by atoms with Crippen molar-refractivity contribution < 1.29 is 18.3 Å². The van der Waals surface area contributed by atoms with Crippen LogP contribution in [0.4, 0.5) is 20.3 Å². The first-order valence-corrected chi connectivity index (χ1v) is 11.8. The Morgan fingerprint density at radius 1 is 1.11 bits per heavy atom. The van der Waals surface area contributed by atoms with E-state index in [9.17, 15) is 13.6 Å². The van der Waals surface area contributed by atoms with E-state index in [1.807, 2.05) is 11.9 Å². The zero-order valence-corrected chi connectivity index (χ0v) is 21.1. The molecule has 0 spiro atoms. The number of fused-ring (bicyclic) bond motifs is 1. The summed E-state index contributed by atoms with van der Waals surface area (Å²) >= 11 is 0. The lowest BCUT2D eigenvalue weighted by molar-refractivity contribution is 0.0790. The molecule has 3 aromatic rings. The largest absolute Gasteiger partial charge is 0.379 e. The van der Waals surface area contributed by atoms with Crippen molar-refractivity contribution in [3.8, 4) is 0 Å². The summed E-state index contributed by atoms with van der Waals surface area (Å²) in [5.74, 6) is -0.643. The smallest absolute Gasteiger partial charge is 0.254 e. The van der Waals surface area contributed by atoms with Gasteiger partial charge in [-0.05, 0) is 43.3 Å². The highest BCUT2D eigenvalue weighted by atomic mass is 32.1. The molecular formula is C25H30F2N6O2S. The Bertz CT molecular complexity index is 1220. The van der Waals surface area contributed by atoms with Crippen molar-refractivity contribution in [1.29, 1.82) is 0 Å². The maximum absolute atomic E-state index is 13.7. The summed E-state index contributed by atoms with van der Waals surface area (Å²) in [7, 11) is 1.90. The highest BCUT2D eigenvalue weighted by molar-refractivity contribution is 7.59. The first-order valence-electron chi connectivity index (χ1n) is 11.8. The lowest BCUT2D eigenvalue weighted by atomic mass is 10.1. The number of carbonyl (C=O) groups is 1. The second kappa shape index (κ2) is 11.4. The van der Waals surface area contributed by atoms with E-state index in [-0.39, 0.29) is 32.0 Å². The van der Waals surface area contributed by atoms with E-state index in [0.717, 1.165) is 18.3 Å². The standard InChI is InChI=1S/C25H28F2N6O2.H2S/c1-28-20-2-3-33(15-20)25(34)17-10-21(29-13-16-8-18(26)12-19(27)9-16)24-22(11-17)30-14-23(31-24)32-4-6-35-7-5-32;/h8-12,14,20,28-29H,2-7,13,15H2,1H3;1H2/t20-;/m0./s1. The molecule has 0 saturated carbocycles. The van der Waals surface area contributed by atoms with Crippen LogP contribution in [0.2, 0.25) is 0 Å². The van der Waals surface area contributed by atoms with Crippen molar-refractivity contribution in [3.05, 3.63) is 59.3 Å². The van der Waals surface area contributed by atoms with Crippen LogP contribution in [-0.4, -0.2) is 73.3 Å². The van der Waals surface area contributed by atoms with Gasteiger partial charge in [0.1, 0.15) is 23.0 Å². The highest BCUT2D eigenvalue weighted by Crippen LogP contribution is 2.27. The predicted octanol–water partition coefficient (Wildman–Crippen LogP) is 2.90. The van der Waals surface area contributed by atoms with Gasteiger partial charge >= 0.3 is 0 Å². The average Bonchev–Trinajstić information content (AvgIpc) is 3.36. The van der Waals surface area contributed by atoms with Crippen molar-refractivity contribution in [3.63, 3.8) is 0 Å². The molecule has 11 heteroatoms. The summed E-state index contributed by atoms with van der Waals surface area (Å²) in [6, 6.07) is 7.18. The molecule has 1 amide bonds. The molecule has 3 heterocycles. The molecule has 2 aliphatic rings. The van der Waals surface area contributed by atoms with Crippen LogP contribution in [0.25, 0.3) is 11.0 Å². The van der Waals surface area contributed by atoms with E-state index in [2.05, 4.69) is 20.5 Å². The van der Waals surface area contributed by atoms with Gasteiger partial charge in [0.05, 0.1) is 30.6 Å². The van der Waals surface area contributed by atoms with Crippen LogP contribution in [0.15, 0.2) is 36.5 Å². The van der Waals surface area contributed by atoms with Gasteiger partial charge in [0, 0.05) is 50.4 Å². The van der Waals surface area contributed by atoms with Gasteiger partial charge in [0.15, 0.2) is 0 Å². The minimum Gasteiger partial charge on any atom is -0.379 e. The number of nitrogens with one attached hydrogen (secondary N) is 2. The van der Waals surface area contributed by atoms with Crippen molar-refractivity contribution in [1.82, 2.24) is 20.2 Å². The summed E-state index contributed by atoms with van der Waals surface area (Å²) in [5.41, 5.74) is 2.70. The summed E-state index contributed by atoms with van der Waals surface area (Å²) < 4.78 is 32.9. The number of benzene rings is 2. The van der Waals surface area contributed by atoms with Crippen LogP contribution in [0, 0.1) is 11.6 Å². The third-order valence-corrected chi connectivity index (χ3v) is 6.51. The maximum atomic E-state index is 13.7. The van der Waals surface area contributed by atoms with Crippen LogP contribution >= 0.6 is 13.5 Å². The third-order valence-electron chi connectivity index (χ3n) is 6.51. The van der Waals surface area contributed by atoms with Crippen LogP contribution in [0.3, 0.4) is 0 Å². The molecule has 2 fully saturated rings. The van der Waals surface area contributed by atoms with Crippen molar-refractivity contribution >= 4 is 41.9 Å². The second-order valence-corrected chi connectivity index (χ2v) is 8.88. The summed E-state index contributed by atoms with van der Waals surface area (Å²) in [4.78, 5) is 26.7. The quantitative estimate of drug-likeness (QED) is 0.521. The molecule has 0 aliphatic carbocycles. The van der Waals surface area contributed by atoms with Gasteiger partial charge in [0.2, 0.25) is 0 Å². The van der Waals surface area contributed by atoms with Gasteiger partial charge < -0.3 is 25.2 Å². The zero-order valence-electron chi connectivity index (χ0n) is 20.1. The molecule has 0 radical (unpaired) electrons. The number of halogens is 2. The van der Waals surface area contributed by atoms with Gasteiger partial charge in [-0.2, -0.15) is 13.5 Å². The Balaban J connectivity index is 0.00000304. The minimum atomic E-state index is -0.641. The third kappa shape index (κ3) is 5.69. The summed E-state index contributed by atoms with van der Waals surface area (Å²) in [6.45, 7) is 4.14. The molecule has 36 heavy (non-hydrogen) atoms. The molecule has 2 N–H and O–H groups in total. The molecule has 2 saturated heterocycles. The van der Waals surface area contributed by atoms with Gasteiger partial charge in [-0.25, -0.2) is 13.8 Å². The lowest BCUT2D eigenvalue weighted by Crippen LogP contribution is -2.36. The number of likely N-dealkylation sites (N-methyl/N-ethyl adjacent to an activating group) is 1. The summed E-state index contributed by atoms with van der Waals surface area (Å²) in [5, 5.41) is 6.45. The zero-order chi connectivity index (χ0) is 24.4. The predicted molar refractivity (Wildman–Crippen MR) is 140 cm³/mol. The number of rotatable bonds is 6. The fraction of sp³-hybridized carbons (Fsp3) is 0.400. The molecule has 192 valence electrons. The lowest BCUT2D eigenvalue weighted by Gasteiger charge is -2.27. The van der Waals surface area contributed by atoms with Gasteiger partial charge in [-0.3, -0.25) is 9.78 Å². The fourth-order valence-electron chi connectivity index (χ4n) is 4.58. The van der Waals surface area contributed by atoms with E-state index < -0.39 is 11.6 Å². The van der Waals surface area contributed by atoms with Crippen molar-refractivity contribution in [2.45, 2.75) is 19.0 Å². The maximum Gasteiger partial charge on any atom is 0.254 e. The molecular weight excluding hydrogens is 486 g/mol. The monoisotopic (exact) mass is 516 g/mol. The molecule has 5 rings (SSSR count). The Kier molecular flexibility index (Phi) is 8.22. The highest BCUT2D eigenvalue weighted by Gasteiger charge is 2.27. The molecule has 2 aliphatic heterocycles. The molecule has 8 nitrogen and oxygen atoms in total. The number of amides is 1. The van der Waals surface area contributed by atoms with E-state index in [0.29, 0.717) is 67.2 Å². The van der Waals surface area contributed by atoms with Crippen LogP contribution < -0.4 is 15.5 Å². The molecule has 2 aromatic carbocycles. The van der Waals surface area contributed by atoms with Crippen molar-refractivity contribution in [2.24, 2.45) is 0 Å². The fourth-order valence-corrected chi connectivity index (χ4v) is 4.58. The van der Waals surface area contributed by atoms with Gasteiger partial charge in [0.25, 0.3) is 5.91 Å². The van der Waals surface area contributed by atoms with Crippen molar-refractivity contribution in [2.75, 3.05) is 56.7 Å². The van der Waals surface area contributed by atoms with Crippen LogP contribution in [0.5, 0.6) is 0 Å². The first-order chi connectivity index (χ1) is 17.0. The molecule has 1 atom stereocenters. The summed E-state index contributed by atoms with van der Waals surface area (Å²) in [6.07, 6.45) is 2.61. The Labute approximate surface area is 215 Å². The Morgan fingerprint density at radius 3 is 2.56 bits per heavy atom. The van der Waals surface area contributed by atoms with E-state index in [4.69, 9.17) is 9.72 Å². The average molecular weight is 517 g/mol. The van der Waals surface area contributed by atoms with Gasteiger partial charge in [-0.1, -0.05) is 0 Å². The molecule has 1 aromatic heterocycles. The van der Waals surface area contributed by atoms with E-state index in [1.165, 1.54) is 12.1 Å². The number of aromatic nitrogens is 2. The number of hydrogen-bond acceptors (Lipinski definition) is 7. The molecule has 0 bridgehead atoms. The first kappa shape index (κ1) is 26.1. The number of likely N-dealkylation sites (tertiary alicyclic amines) is 1. The minimum absolute atomic E-state index is 0. The number of nitrogens with zero attached hydrogens (tertiary/aromatic N) is 4. The van der Waals surface area contributed by atoms with E-state index in [1.54, 1.807) is 18.3 Å². The number of anilines is 2. The number of hydrogen-bond donors (Lipinski definition) is 2. The van der Waals surface area contributed by atoms with E-state index >= 15 is 0 Å². The number of ether oxygens (including phenoxy) is 1. The Hall–Kier alpha value is -3.02. The number of carbonyl (C=O) groups excluding carboxylic acids is 1. The topological polar surface area (TPSA) is 82.6 Å². The normalized spacial score (nSPS) is 17.8. The Morgan fingerprint density at radius 2 is 1.86 bits per heavy atom. The van der Waals surface area contributed by atoms with Gasteiger partial charge in [-0.15, -0.1) is 0 Å². The van der Waals surface area contributed by atoms with Crippen LogP contribution in [0.1, 0.15) is 22.3 Å². The number of morpholine rings is 1. The SMILES string of the molecule is CN[C@H]1CCN(C(=O)c2cc(NCc3cc(F)cc(F)c3)c3nc(N4CCOCC4)cnc3c2)C1.S.